The number of rotatable bonds is 8. The standard InChI is InChI=1S/C23H26N2O3S/c1-5-27-19-11-10-17(13-20(19)28-6-2)24-21(26)14-29-22-12-16(4)18-9-7-8-15(3)23(18)25-22/h7-13H,5-6,14H2,1-4H3,(H,24,26). The van der Waals surface area contributed by atoms with Gasteiger partial charge in [0.15, 0.2) is 11.5 Å². The molecule has 152 valence electrons. The highest BCUT2D eigenvalue weighted by Crippen LogP contribution is 2.31. The molecule has 0 bridgehead atoms. The Hall–Kier alpha value is -2.73. The molecule has 1 N–H and O–H groups in total. The number of carbonyl (C=O) groups is 1. The Morgan fingerprint density at radius 2 is 1.76 bits per heavy atom. The Labute approximate surface area is 175 Å². The minimum Gasteiger partial charge on any atom is -0.490 e. The van der Waals surface area contributed by atoms with Gasteiger partial charge in [-0.1, -0.05) is 30.0 Å². The Morgan fingerprint density at radius 3 is 2.52 bits per heavy atom. The summed E-state index contributed by atoms with van der Waals surface area (Å²) >= 11 is 1.43. The third-order valence-corrected chi connectivity index (χ3v) is 5.31. The first-order chi connectivity index (χ1) is 14.0. The van der Waals surface area contributed by atoms with Crippen LogP contribution in [-0.2, 0) is 4.79 Å². The molecule has 0 aliphatic rings. The summed E-state index contributed by atoms with van der Waals surface area (Å²) in [5.74, 6) is 1.49. The van der Waals surface area contributed by atoms with Crippen molar-refractivity contribution in [3.63, 3.8) is 0 Å². The molecule has 0 atom stereocenters. The summed E-state index contributed by atoms with van der Waals surface area (Å²) in [5, 5.41) is 4.92. The number of hydrogen-bond acceptors (Lipinski definition) is 5. The molecule has 3 aromatic rings. The van der Waals surface area contributed by atoms with Crippen molar-refractivity contribution >= 4 is 34.3 Å². The topological polar surface area (TPSA) is 60.5 Å². The van der Waals surface area contributed by atoms with Crippen LogP contribution in [0.2, 0.25) is 0 Å². The van der Waals surface area contributed by atoms with Crippen molar-refractivity contribution in [3.8, 4) is 11.5 Å². The highest BCUT2D eigenvalue weighted by Gasteiger charge is 2.11. The second-order valence-electron chi connectivity index (χ2n) is 6.61. The minimum absolute atomic E-state index is 0.0917. The number of benzene rings is 2. The van der Waals surface area contributed by atoms with Crippen molar-refractivity contribution in [2.24, 2.45) is 0 Å². The summed E-state index contributed by atoms with van der Waals surface area (Å²) in [4.78, 5) is 17.2. The number of para-hydroxylation sites is 1. The van der Waals surface area contributed by atoms with Gasteiger partial charge in [-0.3, -0.25) is 4.79 Å². The van der Waals surface area contributed by atoms with Crippen LogP contribution in [0.25, 0.3) is 10.9 Å². The lowest BCUT2D eigenvalue weighted by molar-refractivity contribution is -0.113. The molecule has 6 heteroatoms. The first-order valence-electron chi connectivity index (χ1n) is 9.71. The van der Waals surface area contributed by atoms with E-state index in [4.69, 9.17) is 14.5 Å². The van der Waals surface area contributed by atoms with E-state index < -0.39 is 0 Å². The van der Waals surface area contributed by atoms with E-state index in [2.05, 4.69) is 31.3 Å². The van der Waals surface area contributed by atoms with Gasteiger partial charge < -0.3 is 14.8 Å². The van der Waals surface area contributed by atoms with Crippen molar-refractivity contribution < 1.29 is 14.3 Å². The normalized spacial score (nSPS) is 10.8. The van der Waals surface area contributed by atoms with E-state index in [-0.39, 0.29) is 11.7 Å². The molecule has 0 unspecified atom stereocenters. The molecule has 0 saturated heterocycles. The van der Waals surface area contributed by atoms with Gasteiger partial charge >= 0.3 is 0 Å². The zero-order chi connectivity index (χ0) is 20.8. The van der Waals surface area contributed by atoms with Crippen LogP contribution in [-0.4, -0.2) is 29.9 Å². The third-order valence-electron chi connectivity index (χ3n) is 4.40. The fourth-order valence-corrected chi connectivity index (χ4v) is 3.84. The summed E-state index contributed by atoms with van der Waals surface area (Å²) in [6.07, 6.45) is 0. The van der Waals surface area contributed by atoms with Crippen LogP contribution in [0, 0.1) is 13.8 Å². The fraction of sp³-hybridized carbons (Fsp3) is 0.304. The van der Waals surface area contributed by atoms with Crippen LogP contribution in [0.1, 0.15) is 25.0 Å². The number of anilines is 1. The van der Waals surface area contributed by atoms with Gasteiger partial charge in [-0.05, 0) is 57.0 Å². The number of hydrogen-bond donors (Lipinski definition) is 1. The molecule has 0 fully saturated rings. The number of carbonyl (C=O) groups excluding carboxylic acids is 1. The number of aromatic nitrogens is 1. The minimum atomic E-state index is -0.0917. The summed E-state index contributed by atoms with van der Waals surface area (Å²) in [6, 6.07) is 13.6. The van der Waals surface area contributed by atoms with E-state index >= 15 is 0 Å². The van der Waals surface area contributed by atoms with E-state index in [9.17, 15) is 4.79 Å². The smallest absolute Gasteiger partial charge is 0.234 e. The molecule has 0 aliphatic heterocycles. The van der Waals surface area contributed by atoms with Crippen molar-refractivity contribution in [1.82, 2.24) is 4.98 Å². The molecule has 0 radical (unpaired) electrons. The van der Waals surface area contributed by atoms with Crippen molar-refractivity contribution in [2.75, 3.05) is 24.3 Å². The van der Waals surface area contributed by atoms with Crippen LogP contribution in [0.3, 0.4) is 0 Å². The molecule has 0 spiro atoms. The summed E-state index contributed by atoms with van der Waals surface area (Å²) in [6.45, 7) is 9.05. The SMILES string of the molecule is CCOc1ccc(NC(=O)CSc2cc(C)c3cccc(C)c3n2)cc1OCC. The molecule has 0 saturated carbocycles. The van der Waals surface area contributed by atoms with Crippen LogP contribution in [0.4, 0.5) is 5.69 Å². The van der Waals surface area contributed by atoms with Crippen LogP contribution in [0.5, 0.6) is 11.5 Å². The molecular formula is C23H26N2O3S. The number of thioether (sulfide) groups is 1. The largest absolute Gasteiger partial charge is 0.490 e. The van der Waals surface area contributed by atoms with Crippen molar-refractivity contribution in [3.05, 3.63) is 53.6 Å². The molecule has 3 rings (SSSR count). The molecule has 0 aliphatic carbocycles. The number of amides is 1. The molecule has 1 amide bonds. The van der Waals surface area contributed by atoms with Gasteiger partial charge in [-0.15, -0.1) is 0 Å². The third kappa shape index (κ3) is 5.21. The van der Waals surface area contributed by atoms with Gasteiger partial charge in [0.05, 0.1) is 29.5 Å². The zero-order valence-corrected chi connectivity index (χ0v) is 18.1. The summed E-state index contributed by atoms with van der Waals surface area (Å²) in [7, 11) is 0. The molecule has 2 aromatic carbocycles. The van der Waals surface area contributed by atoms with Crippen LogP contribution < -0.4 is 14.8 Å². The lowest BCUT2D eigenvalue weighted by Gasteiger charge is -2.13. The molecule has 1 heterocycles. The van der Waals surface area contributed by atoms with Gasteiger partial charge in [0.1, 0.15) is 0 Å². The molecule has 1 aromatic heterocycles. The Morgan fingerprint density at radius 1 is 1.00 bits per heavy atom. The van der Waals surface area contributed by atoms with E-state index in [0.29, 0.717) is 30.4 Å². The van der Waals surface area contributed by atoms with E-state index in [1.807, 2.05) is 38.1 Å². The molecule has 5 nitrogen and oxygen atoms in total. The van der Waals surface area contributed by atoms with Gasteiger partial charge in [0.25, 0.3) is 0 Å². The van der Waals surface area contributed by atoms with Gasteiger partial charge in [-0.25, -0.2) is 4.98 Å². The lowest BCUT2D eigenvalue weighted by atomic mass is 10.1. The predicted molar refractivity (Wildman–Crippen MR) is 119 cm³/mol. The highest BCUT2D eigenvalue weighted by atomic mass is 32.2. The fourth-order valence-electron chi connectivity index (χ4n) is 3.07. The van der Waals surface area contributed by atoms with Crippen LogP contribution >= 0.6 is 11.8 Å². The lowest BCUT2D eigenvalue weighted by Crippen LogP contribution is -2.14. The first kappa shape index (κ1) is 21.0. The number of pyridine rings is 1. The summed E-state index contributed by atoms with van der Waals surface area (Å²) < 4.78 is 11.2. The number of fused-ring (bicyclic) bond motifs is 1. The number of aryl methyl sites for hydroxylation is 2. The van der Waals surface area contributed by atoms with Gasteiger partial charge in [-0.2, -0.15) is 0 Å². The Balaban J connectivity index is 1.68. The average Bonchev–Trinajstić information content (AvgIpc) is 2.69. The molecular weight excluding hydrogens is 384 g/mol. The Kier molecular flexibility index (Phi) is 6.99. The second kappa shape index (κ2) is 9.65. The monoisotopic (exact) mass is 410 g/mol. The maximum Gasteiger partial charge on any atom is 0.234 e. The van der Waals surface area contributed by atoms with E-state index in [1.165, 1.54) is 11.8 Å². The van der Waals surface area contributed by atoms with E-state index in [0.717, 1.165) is 27.1 Å². The van der Waals surface area contributed by atoms with E-state index in [1.54, 1.807) is 6.07 Å². The zero-order valence-electron chi connectivity index (χ0n) is 17.2. The average molecular weight is 411 g/mol. The van der Waals surface area contributed by atoms with Crippen molar-refractivity contribution in [1.29, 1.82) is 0 Å². The molecule has 29 heavy (non-hydrogen) atoms. The predicted octanol–water partition coefficient (Wildman–Crippen LogP) is 5.38. The second-order valence-corrected chi connectivity index (χ2v) is 7.61. The maximum absolute atomic E-state index is 12.4. The van der Waals surface area contributed by atoms with Gasteiger partial charge in [0, 0.05) is 17.1 Å². The number of nitrogens with zero attached hydrogens (tertiary/aromatic N) is 1. The highest BCUT2D eigenvalue weighted by molar-refractivity contribution is 7.99. The summed E-state index contributed by atoms with van der Waals surface area (Å²) in [5.41, 5.74) is 3.97. The van der Waals surface area contributed by atoms with Crippen LogP contribution in [0.15, 0.2) is 47.5 Å². The number of ether oxygens (including phenoxy) is 2. The van der Waals surface area contributed by atoms with Crippen molar-refractivity contribution in [2.45, 2.75) is 32.7 Å². The first-order valence-corrected chi connectivity index (χ1v) is 10.7. The van der Waals surface area contributed by atoms with Gasteiger partial charge in [0.2, 0.25) is 5.91 Å². The quantitative estimate of drug-likeness (QED) is 0.505. The Bertz CT molecular complexity index is 1020. The maximum atomic E-state index is 12.4. The number of nitrogens with one attached hydrogen (secondary N) is 1.